The minimum Gasteiger partial charge on any atom is -0.461 e. The maximum atomic E-state index is 11.9. The molecule has 0 fully saturated rings. The SMILES string of the molecule is CCC(C(=O)OC(C)C)n1cc(Cl)cc(Cl)c1=O. The highest BCUT2D eigenvalue weighted by molar-refractivity contribution is 6.34. The molecule has 1 rings (SSSR count). The molecule has 0 N–H and O–H groups in total. The Hall–Kier alpha value is -1.00. The number of hydrogen-bond acceptors (Lipinski definition) is 3. The van der Waals surface area contributed by atoms with E-state index in [4.69, 9.17) is 27.9 Å². The molecule has 100 valence electrons. The third-order valence-corrected chi connectivity index (χ3v) is 2.79. The van der Waals surface area contributed by atoms with E-state index in [0.717, 1.165) is 0 Å². The van der Waals surface area contributed by atoms with Gasteiger partial charge < -0.3 is 4.74 Å². The van der Waals surface area contributed by atoms with Gasteiger partial charge in [0.05, 0.1) is 11.1 Å². The van der Waals surface area contributed by atoms with Crippen LogP contribution in [0.15, 0.2) is 17.1 Å². The Morgan fingerprint density at radius 3 is 2.56 bits per heavy atom. The summed E-state index contributed by atoms with van der Waals surface area (Å²) < 4.78 is 6.33. The number of rotatable bonds is 4. The molecule has 1 aromatic heterocycles. The zero-order chi connectivity index (χ0) is 13.9. The molecule has 1 atom stereocenters. The first-order valence-corrected chi connectivity index (χ1v) is 6.40. The first-order chi connectivity index (χ1) is 8.36. The van der Waals surface area contributed by atoms with Crippen molar-refractivity contribution in [1.82, 2.24) is 4.57 Å². The van der Waals surface area contributed by atoms with Crippen LogP contribution < -0.4 is 5.56 Å². The molecule has 0 spiro atoms. The highest BCUT2D eigenvalue weighted by atomic mass is 35.5. The number of pyridine rings is 1. The second kappa shape index (κ2) is 6.25. The van der Waals surface area contributed by atoms with E-state index in [0.29, 0.717) is 11.4 Å². The van der Waals surface area contributed by atoms with E-state index in [2.05, 4.69) is 0 Å². The lowest BCUT2D eigenvalue weighted by Gasteiger charge is -2.19. The molecule has 0 aliphatic carbocycles. The van der Waals surface area contributed by atoms with Crippen LogP contribution in [-0.4, -0.2) is 16.6 Å². The van der Waals surface area contributed by atoms with Crippen molar-refractivity contribution in [2.45, 2.75) is 39.3 Å². The Kier molecular flexibility index (Phi) is 5.23. The maximum absolute atomic E-state index is 11.9. The number of ether oxygens (including phenoxy) is 1. The van der Waals surface area contributed by atoms with Gasteiger partial charge >= 0.3 is 5.97 Å². The molecular formula is C12H15Cl2NO3. The smallest absolute Gasteiger partial charge is 0.329 e. The molecule has 6 heteroatoms. The predicted molar refractivity (Wildman–Crippen MR) is 71.3 cm³/mol. The predicted octanol–water partition coefficient (Wildman–Crippen LogP) is 3.06. The molecule has 1 unspecified atom stereocenters. The molecule has 0 bridgehead atoms. The normalized spacial score (nSPS) is 12.6. The summed E-state index contributed by atoms with van der Waals surface area (Å²) >= 11 is 11.6. The Labute approximate surface area is 115 Å². The highest BCUT2D eigenvalue weighted by Gasteiger charge is 2.23. The first kappa shape index (κ1) is 15.1. The van der Waals surface area contributed by atoms with E-state index in [1.165, 1.54) is 16.8 Å². The molecule has 1 aromatic rings. The number of aromatic nitrogens is 1. The fraction of sp³-hybridized carbons (Fsp3) is 0.500. The van der Waals surface area contributed by atoms with Crippen molar-refractivity contribution >= 4 is 29.2 Å². The van der Waals surface area contributed by atoms with Crippen LogP contribution in [0, 0.1) is 0 Å². The van der Waals surface area contributed by atoms with Crippen LogP contribution in [0.1, 0.15) is 33.2 Å². The van der Waals surface area contributed by atoms with E-state index >= 15 is 0 Å². The van der Waals surface area contributed by atoms with Gasteiger partial charge in [0.1, 0.15) is 11.1 Å². The summed E-state index contributed by atoms with van der Waals surface area (Å²) in [5.74, 6) is -0.465. The highest BCUT2D eigenvalue weighted by Crippen LogP contribution is 2.18. The summed E-state index contributed by atoms with van der Waals surface area (Å²) in [6.07, 6.45) is 1.57. The average Bonchev–Trinajstić information content (AvgIpc) is 2.24. The van der Waals surface area contributed by atoms with E-state index in [1.54, 1.807) is 20.8 Å². The summed E-state index contributed by atoms with van der Waals surface area (Å²) in [6.45, 7) is 5.28. The van der Waals surface area contributed by atoms with Gasteiger partial charge in [-0.3, -0.25) is 9.36 Å². The molecule has 0 saturated heterocycles. The minimum atomic E-state index is -0.712. The van der Waals surface area contributed by atoms with Crippen molar-refractivity contribution in [2.24, 2.45) is 0 Å². The van der Waals surface area contributed by atoms with Gasteiger partial charge in [-0.25, -0.2) is 4.79 Å². The summed E-state index contributed by atoms with van der Waals surface area (Å²) in [5, 5.41) is 0.286. The Balaban J connectivity index is 3.17. The number of hydrogen-bond donors (Lipinski definition) is 0. The van der Waals surface area contributed by atoms with Crippen molar-refractivity contribution in [3.8, 4) is 0 Å². The van der Waals surface area contributed by atoms with Gasteiger partial charge in [0.25, 0.3) is 5.56 Å². The van der Waals surface area contributed by atoms with Crippen LogP contribution >= 0.6 is 23.2 Å². The quantitative estimate of drug-likeness (QED) is 0.801. The Bertz CT molecular complexity index is 497. The molecule has 0 aliphatic rings. The molecule has 1 heterocycles. The lowest BCUT2D eigenvalue weighted by Crippen LogP contribution is -2.31. The maximum Gasteiger partial charge on any atom is 0.329 e. The topological polar surface area (TPSA) is 48.3 Å². The third-order valence-electron chi connectivity index (χ3n) is 2.31. The molecule has 0 amide bonds. The number of esters is 1. The third kappa shape index (κ3) is 3.50. The zero-order valence-electron chi connectivity index (χ0n) is 10.4. The number of nitrogens with zero attached hydrogens (tertiary/aromatic N) is 1. The fourth-order valence-electron chi connectivity index (χ4n) is 1.55. The monoisotopic (exact) mass is 291 g/mol. The summed E-state index contributed by atoms with van der Waals surface area (Å²) in [7, 11) is 0. The molecule has 18 heavy (non-hydrogen) atoms. The molecular weight excluding hydrogens is 277 g/mol. The average molecular weight is 292 g/mol. The zero-order valence-corrected chi connectivity index (χ0v) is 12.0. The first-order valence-electron chi connectivity index (χ1n) is 5.64. The lowest BCUT2D eigenvalue weighted by molar-refractivity contribution is -0.151. The van der Waals surface area contributed by atoms with E-state index in [1.807, 2.05) is 0 Å². The van der Waals surface area contributed by atoms with Crippen LogP contribution in [0.4, 0.5) is 0 Å². The van der Waals surface area contributed by atoms with Crippen molar-refractivity contribution < 1.29 is 9.53 Å². The number of carbonyl (C=O) groups is 1. The van der Waals surface area contributed by atoms with E-state index in [9.17, 15) is 9.59 Å². The van der Waals surface area contributed by atoms with Crippen molar-refractivity contribution in [1.29, 1.82) is 0 Å². The van der Waals surface area contributed by atoms with Crippen molar-refractivity contribution in [3.63, 3.8) is 0 Å². The molecule has 0 aromatic carbocycles. The van der Waals surface area contributed by atoms with Crippen molar-refractivity contribution in [2.75, 3.05) is 0 Å². The minimum absolute atomic E-state index is 0.0155. The van der Waals surface area contributed by atoms with Crippen LogP contribution in [0.25, 0.3) is 0 Å². The number of halogens is 2. The van der Waals surface area contributed by atoms with Gasteiger partial charge in [-0.15, -0.1) is 0 Å². The second-order valence-corrected chi connectivity index (χ2v) is 4.97. The molecule has 0 saturated carbocycles. The summed E-state index contributed by atoms with van der Waals surface area (Å²) in [4.78, 5) is 23.8. The van der Waals surface area contributed by atoms with Gasteiger partial charge in [0, 0.05) is 6.20 Å². The van der Waals surface area contributed by atoms with Crippen LogP contribution in [-0.2, 0) is 9.53 Å². The number of carbonyl (C=O) groups excluding carboxylic acids is 1. The standard InChI is InChI=1S/C12H15Cl2NO3/c1-4-10(12(17)18-7(2)3)15-6-8(13)5-9(14)11(15)16/h5-7,10H,4H2,1-3H3. The second-order valence-electron chi connectivity index (χ2n) is 4.13. The summed E-state index contributed by atoms with van der Waals surface area (Å²) in [6, 6.07) is 0.638. The fourth-order valence-corrected chi connectivity index (χ4v) is 2.04. The molecule has 0 aliphatic heterocycles. The van der Waals surface area contributed by atoms with Gasteiger partial charge in [0.15, 0.2) is 0 Å². The molecule has 0 radical (unpaired) electrons. The largest absolute Gasteiger partial charge is 0.461 e. The Morgan fingerprint density at radius 2 is 2.06 bits per heavy atom. The lowest BCUT2D eigenvalue weighted by atomic mass is 10.2. The molecule has 4 nitrogen and oxygen atoms in total. The van der Waals surface area contributed by atoms with Crippen LogP contribution in [0.2, 0.25) is 10.0 Å². The summed E-state index contributed by atoms with van der Waals surface area (Å²) in [5.41, 5.74) is -0.450. The van der Waals surface area contributed by atoms with E-state index < -0.39 is 17.6 Å². The Morgan fingerprint density at radius 1 is 1.44 bits per heavy atom. The van der Waals surface area contributed by atoms with Gasteiger partial charge in [-0.2, -0.15) is 0 Å². The van der Waals surface area contributed by atoms with Gasteiger partial charge in [0.2, 0.25) is 0 Å². The van der Waals surface area contributed by atoms with Crippen molar-refractivity contribution in [3.05, 3.63) is 32.7 Å². The van der Waals surface area contributed by atoms with Gasteiger partial charge in [-0.1, -0.05) is 30.1 Å². The van der Waals surface area contributed by atoms with E-state index in [-0.39, 0.29) is 11.1 Å². The van der Waals surface area contributed by atoms with Crippen LogP contribution in [0.3, 0.4) is 0 Å². The van der Waals surface area contributed by atoms with Crippen LogP contribution in [0.5, 0.6) is 0 Å². The van der Waals surface area contributed by atoms with Gasteiger partial charge in [-0.05, 0) is 26.3 Å².